The number of pyridine rings is 1. The molecule has 6 heteroatoms. The van der Waals surface area contributed by atoms with Crippen molar-refractivity contribution >= 4 is 11.9 Å². The van der Waals surface area contributed by atoms with Gasteiger partial charge in [-0.25, -0.2) is 9.78 Å². The quantitative estimate of drug-likeness (QED) is 0.852. The van der Waals surface area contributed by atoms with Gasteiger partial charge in [0.1, 0.15) is 5.82 Å². The summed E-state index contributed by atoms with van der Waals surface area (Å²) in [5.74, 6) is 0.906. The molecule has 0 bridgehead atoms. The predicted molar refractivity (Wildman–Crippen MR) is 73.0 cm³/mol. The molecule has 1 aromatic heterocycles. The SMILES string of the molecule is COC(=O)NC1CCN(c2cc([C@@H](C)N)ccn2)C1. The number of hydrogen-bond acceptors (Lipinski definition) is 5. The van der Waals surface area contributed by atoms with Gasteiger partial charge in [-0.05, 0) is 31.0 Å². The van der Waals surface area contributed by atoms with Gasteiger partial charge in [0, 0.05) is 25.3 Å². The first-order chi connectivity index (χ1) is 9.10. The van der Waals surface area contributed by atoms with Gasteiger partial charge in [0.15, 0.2) is 0 Å². The van der Waals surface area contributed by atoms with Crippen LogP contribution >= 0.6 is 0 Å². The molecule has 1 aliphatic rings. The second-order valence-electron chi connectivity index (χ2n) is 4.80. The first kappa shape index (κ1) is 13.6. The monoisotopic (exact) mass is 264 g/mol. The van der Waals surface area contributed by atoms with Gasteiger partial charge in [-0.15, -0.1) is 0 Å². The third kappa shape index (κ3) is 3.35. The van der Waals surface area contributed by atoms with Gasteiger partial charge >= 0.3 is 6.09 Å². The summed E-state index contributed by atoms with van der Waals surface area (Å²) in [6.07, 6.45) is 2.28. The Morgan fingerprint density at radius 1 is 1.68 bits per heavy atom. The molecule has 6 nitrogen and oxygen atoms in total. The molecule has 0 spiro atoms. The van der Waals surface area contributed by atoms with Gasteiger partial charge in [-0.2, -0.15) is 0 Å². The Hall–Kier alpha value is -1.82. The second-order valence-corrected chi connectivity index (χ2v) is 4.80. The molecule has 1 saturated heterocycles. The van der Waals surface area contributed by atoms with Crippen LogP contribution in [-0.2, 0) is 4.74 Å². The van der Waals surface area contributed by atoms with E-state index in [-0.39, 0.29) is 18.2 Å². The largest absolute Gasteiger partial charge is 0.453 e. The molecular formula is C13H20N4O2. The molecule has 0 aliphatic carbocycles. The molecule has 2 atom stereocenters. The van der Waals surface area contributed by atoms with Crippen molar-refractivity contribution in [2.45, 2.75) is 25.4 Å². The minimum Gasteiger partial charge on any atom is -0.453 e. The van der Waals surface area contributed by atoms with Gasteiger partial charge in [0.25, 0.3) is 0 Å². The van der Waals surface area contributed by atoms with E-state index in [9.17, 15) is 4.79 Å². The van der Waals surface area contributed by atoms with E-state index in [2.05, 4.69) is 19.9 Å². The number of aromatic nitrogens is 1. The number of hydrogen-bond donors (Lipinski definition) is 2. The van der Waals surface area contributed by atoms with Gasteiger partial charge in [-0.1, -0.05) is 0 Å². The number of carbonyl (C=O) groups is 1. The van der Waals surface area contributed by atoms with Crippen LogP contribution < -0.4 is 16.0 Å². The number of alkyl carbamates (subject to hydrolysis) is 1. The maximum atomic E-state index is 11.2. The number of carbonyl (C=O) groups excluding carboxylic acids is 1. The van der Waals surface area contributed by atoms with Crippen molar-refractivity contribution in [1.29, 1.82) is 0 Å². The van der Waals surface area contributed by atoms with Crippen molar-refractivity contribution in [2.24, 2.45) is 5.73 Å². The van der Waals surface area contributed by atoms with Gasteiger partial charge in [0.2, 0.25) is 0 Å². The normalized spacial score (nSPS) is 20.2. The average Bonchev–Trinajstić information content (AvgIpc) is 2.87. The molecule has 2 heterocycles. The van der Waals surface area contributed by atoms with Crippen LogP contribution in [0.4, 0.5) is 10.6 Å². The summed E-state index contributed by atoms with van der Waals surface area (Å²) in [4.78, 5) is 17.7. The maximum absolute atomic E-state index is 11.2. The zero-order valence-corrected chi connectivity index (χ0v) is 11.3. The van der Waals surface area contributed by atoms with E-state index in [1.54, 1.807) is 6.20 Å². The van der Waals surface area contributed by atoms with Crippen LogP contribution in [0.3, 0.4) is 0 Å². The minimum atomic E-state index is -0.385. The van der Waals surface area contributed by atoms with Crippen LogP contribution in [0.1, 0.15) is 24.9 Å². The third-order valence-electron chi connectivity index (χ3n) is 3.31. The molecule has 2 rings (SSSR count). The Balaban J connectivity index is 2.00. The van der Waals surface area contributed by atoms with Crippen LogP contribution in [0.15, 0.2) is 18.3 Å². The lowest BCUT2D eigenvalue weighted by molar-refractivity contribution is 0.167. The summed E-state index contributed by atoms with van der Waals surface area (Å²) in [6.45, 7) is 3.55. The van der Waals surface area contributed by atoms with Crippen molar-refractivity contribution in [2.75, 3.05) is 25.1 Å². The van der Waals surface area contributed by atoms with E-state index in [0.717, 1.165) is 30.9 Å². The second kappa shape index (κ2) is 5.88. The van der Waals surface area contributed by atoms with Gasteiger partial charge in [-0.3, -0.25) is 0 Å². The van der Waals surface area contributed by atoms with Crippen LogP contribution in [0.25, 0.3) is 0 Å². The van der Waals surface area contributed by atoms with E-state index >= 15 is 0 Å². The highest BCUT2D eigenvalue weighted by Crippen LogP contribution is 2.21. The fourth-order valence-corrected chi connectivity index (χ4v) is 2.20. The lowest BCUT2D eigenvalue weighted by Gasteiger charge is -2.19. The fraction of sp³-hybridized carbons (Fsp3) is 0.538. The van der Waals surface area contributed by atoms with Crippen molar-refractivity contribution in [3.8, 4) is 0 Å². The number of nitrogens with two attached hydrogens (primary N) is 1. The Morgan fingerprint density at radius 2 is 2.47 bits per heavy atom. The summed E-state index contributed by atoms with van der Waals surface area (Å²) in [6, 6.07) is 4.03. The van der Waals surface area contributed by atoms with Crippen LogP contribution in [-0.4, -0.2) is 37.3 Å². The maximum Gasteiger partial charge on any atom is 0.407 e. The van der Waals surface area contributed by atoms with Crippen molar-refractivity contribution < 1.29 is 9.53 Å². The Labute approximate surface area is 112 Å². The Morgan fingerprint density at radius 3 is 3.16 bits per heavy atom. The molecular weight excluding hydrogens is 244 g/mol. The molecule has 0 aromatic carbocycles. The third-order valence-corrected chi connectivity index (χ3v) is 3.31. The fourth-order valence-electron chi connectivity index (χ4n) is 2.20. The van der Waals surface area contributed by atoms with Crippen LogP contribution in [0, 0.1) is 0 Å². The number of methoxy groups -OCH3 is 1. The summed E-state index contributed by atoms with van der Waals surface area (Å²) < 4.78 is 4.60. The Bertz CT molecular complexity index is 450. The smallest absolute Gasteiger partial charge is 0.407 e. The highest BCUT2D eigenvalue weighted by Gasteiger charge is 2.25. The molecule has 0 saturated carbocycles. The standard InChI is InChI=1S/C13H20N4O2/c1-9(14)10-3-5-15-12(7-10)17-6-4-11(8-17)16-13(18)19-2/h3,5,7,9,11H,4,6,8,14H2,1-2H3,(H,16,18)/t9-,11?/m1/s1. The molecule has 1 unspecified atom stereocenters. The lowest BCUT2D eigenvalue weighted by atomic mass is 10.1. The number of nitrogens with one attached hydrogen (secondary N) is 1. The summed E-state index contributed by atoms with van der Waals surface area (Å²) in [7, 11) is 1.37. The topological polar surface area (TPSA) is 80.5 Å². The van der Waals surface area contributed by atoms with Crippen molar-refractivity contribution in [3.05, 3.63) is 23.9 Å². The average molecular weight is 264 g/mol. The number of amides is 1. The molecule has 104 valence electrons. The molecule has 19 heavy (non-hydrogen) atoms. The minimum absolute atomic E-state index is 0.00616. The van der Waals surface area contributed by atoms with E-state index in [4.69, 9.17) is 5.73 Å². The van der Waals surface area contributed by atoms with E-state index in [1.165, 1.54) is 7.11 Å². The van der Waals surface area contributed by atoms with Crippen LogP contribution in [0.5, 0.6) is 0 Å². The van der Waals surface area contributed by atoms with Crippen LogP contribution in [0.2, 0.25) is 0 Å². The number of rotatable bonds is 3. The zero-order valence-electron chi connectivity index (χ0n) is 11.3. The highest BCUT2D eigenvalue weighted by atomic mass is 16.5. The van der Waals surface area contributed by atoms with Crippen molar-refractivity contribution in [3.63, 3.8) is 0 Å². The number of nitrogens with zero attached hydrogens (tertiary/aromatic N) is 2. The molecule has 1 aliphatic heterocycles. The highest BCUT2D eigenvalue weighted by molar-refractivity contribution is 5.67. The van der Waals surface area contributed by atoms with Crippen molar-refractivity contribution in [1.82, 2.24) is 10.3 Å². The van der Waals surface area contributed by atoms with E-state index < -0.39 is 0 Å². The number of anilines is 1. The first-order valence-corrected chi connectivity index (χ1v) is 6.41. The lowest BCUT2D eigenvalue weighted by Crippen LogP contribution is -2.37. The molecule has 1 amide bonds. The van der Waals surface area contributed by atoms with E-state index in [0.29, 0.717) is 0 Å². The molecule has 1 fully saturated rings. The van der Waals surface area contributed by atoms with Gasteiger partial charge in [0.05, 0.1) is 13.2 Å². The summed E-state index contributed by atoms with van der Waals surface area (Å²) >= 11 is 0. The number of ether oxygens (including phenoxy) is 1. The molecule has 1 aromatic rings. The Kier molecular flexibility index (Phi) is 4.21. The summed E-state index contributed by atoms with van der Waals surface area (Å²) in [5.41, 5.74) is 6.94. The molecule has 0 radical (unpaired) electrons. The van der Waals surface area contributed by atoms with Gasteiger partial charge < -0.3 is 20.7 Å². The molecule has 3 N–H and O–H groups in total. The zero-order chi connectivity index (χ0) is 13.8. The summed E-state index contributed by atoms with van der Waals surface area (Å²) in [5, 5.41) is 2.81. The van der Waals surface area contributed by atoms with E-state index in [1.807, 2.05) is 19.1 Å². The first-order valence-electron chi connectivity index (χ1n) is 6.41. The predicted octanol–water partition coefficient (Wildman–Crippen LogP) is 1.04.